The minimum Gasteiger partial charge on any atom is -0.481 e. The Bertz CT molecular complexity index is 1710. The number of pyridine rings is 2. The van der Waals surface area contributed by atoms with Gasteiger partial charge < -0.3 is 15.8 Å². The van der Waals surface area contributed by atoms with Crippen molar-refractivity contribution in [3.05, 3.63) is 107 Å². The van der Waals surface area contributed by atoms with E-state index in [2.05, 4.69) is 25.1 Å². The van der Waals surface area contributed by atoms with Crippen molar-refractivity contribution in [2.24, 2.45) is 0 Å². The lowest BCUT2D eigenvalue weighted by atomic mass is 9.98. The fourth-order valence-corrected chi connectivity index (χ4v) is 4.33. The molecule has 9 nitrogen and oxygen atoms in total. The molecule has 0 fully saturated rings. The molecule has 182 valence electrons. The van der Waals surface area contributed by atoms with Crippen molar-refractivity contribution < 1.29 is 4.74 Å². The molecule has 9 heteroatoms. The summed E-state index contributed by atoms with van der Waals surface area (Å²) in [5.41, 5.74) is 8.85. The second-order valence-corrected chi connectivity index (χ2v) is 8.34. The summed E-state index contributed by atoms with van der Waals surface area (Å²) in [6, 6.07) is 20.4. The van der Waals surface area contributed by atoms with Crippen LogP contribution in [0.5, 0.6) is 5.88 Å². The Morgan fingerprint density at radius 3 is 2.65 bits per heavy atom. The van der Waals surface area contributed by atoms with Crippen LogP contribution in [0.25, 0.3) is 32.4 Å². The first kappa shape index (κ1) is 23.5. The van der Waals surface area contributed by atoms with E-state index in [4.69, 9.17) is 17.0 Å². The van der Waals surface area contributed by atoms with Gasteiger partial charge in [0.25, 0.3) is 5.56 Å². The van der Waals surface area contributed by atoms with E-state index in [1.54, 1.807) is 17.9 Å². The highest BCUT2D eigenvalue weighted by Gasteiger charge is 2.20. The third-order valence-corrected chi connectivity index (χ3v) is 6.05. The van der Waals surface area contributed by atoms with Gasteiger partial charge in [-0.15, -0.1) is 0 Å². The van der Waals surface area contributed by atoms with Crippen molar-refractivity contribution in [3.63, 3.8) is 0 Å². The van der Waals surface area contributed by atoms with E-state index in [-0.39, 0.29) is 17.2 Å². The van der Waals surface area contributed by atoms with Crippen LogP contribution in [0.3, 0.4) is 0 Å². The number of benzene rings is 2. The number of para-hydroxylation sites is 1. The predicted octanol–water partition coefficient (Wildman–Crippen LogP) is 5.16. The second-order valence-electron chi connectivity index (χ2n) is 8.34. The highest BCUT2D eigenvalue weighted by atomic mass is 16.5. The summed E-state index contributed by atoms with van der Waals surface area (Å²) >= 11 is 0. The number of methoxy groups -OCH3 is 1. The summed E-state index contributed by atoms with van der Waals surface area (Å²) < 4.78 is 6.99. The van der Waals surface area contributed by atoms with Crippen molar-refractivity contribution in [1.82, 2.24) is 19.5 Å². The molecule has 5 rings (SSSR count). The van der Waals surface area contributed by atoms with Gasteiger partial charge in [0, 0.05) is 29.8 Å². The topological polar surface area (TPSA) is 112 Å². The van der Waals surface area contributed by atoms with Crippen LogP contribution in [0, 0.1) is 6.57 Å². The number of hydrogen-bond acceptors (Lipinski definition) is 7. The van der Waals surface area contributed by atoms with Crippen molar-refractivity contribution >= 4 is 28.2 Å². The summed E-state index contributed by atoms with van der Waals surface area (Å²) in [7, 11) is 1.56. The average Bonchev–Trinajstić information content (AvgIpc) is 2.93. The molecule has 0 aliphatic rings. The Kier molecular flexibility index (Phi) is 6.22. The van der Waals surface area contributed by atoms with Crippen LogP contribution in [0.1, 0.15) is 18.7 Å². The summed E-state index contributed by atoms with van der Waals surface area (Å²) in [6.45, 7) is 9.36. The Morgan fingerprint density at radius 1 is 1.08 bits per heavy atom. The van der Waals surface area contributed by atoms with Gasteiger partial charge in [-0.2, -0.15) is 0 Å². The van der Waals surface area contributed by atoms with Crippen LogP contribution in [-0.4, -0.2) is 26.6 Å². The first-order valence-corrected chi connectivity index (χ1v) is 11.5. The number of ether oxygens (including phenoxy) is 1. The highest BCUT2D eigenvalue weighted by Crippen LogP contribution is 2.32. The standard InChI is InChI=1S/C28H23N7O2/c1-17(33-26-22(30-2)16-32-28(29)34-26)23-14-19-8-7-11-21(18-12-13-31-24(15-18)37-3)25(19)27(36)35(23)20-9-5-4-6-10-20/h4-17H,1,3H3,(H3,29,32,33,34)/t17-/m1/s1. The van der Waals surface area contributed by atoms with Gasteiger partial charge in [0.05, 0.1) is 25.1 Å². The smallest absolute Gasteiger partial charge is 0.263 e. The molecule has 0 spiro atoms. The lowest BCUT2D eigenvalue weighted by Crippen LogP contribution is -2.26. The van der Waals surface area contributed by atoms with Crippen molar-refractivity contribution in [2.75, 3.05) is 18.2 Å². The first-order chi connectivity index (χ1) is 18.0. The minimum atomic E-state index is -0.406. The number of aromatic nitrogens is 4. The molecule has 3 N–H and O–H groups in total. The maximum atomic E-state index is 14.2. The molecule has 3 aromatic heterocycles. The van der Waals surface area contributed by atoms with Gasteiger partial charge in [0.15, 0.2) is 0 Å². The Balaban J connectivity index is 1.74. The quantitative estimate of drug-likeness (QED) is 0.317. The zero-order valence-corrected chi connectivity index (χ0v) is 20.2. The van der Waals surface area contributed by atoms with E-state index in [1.165, 1.54) is 6.20 Å². The lowest BCUT2D eigenvalue weighted by molar-refractivity contribution is 0.398. The van der Waals surface area contributed by atoms with Gasteiger partial charge in [-0.05, 0) is 47.7 Å². The average molecular weight is 490 g/mol. The van der Waals surface area contributed by atoms with E-state index < -0.39 is 6.04 Å². The number of hydrogen-bond donors (Lipinski definition) is 2. The van der Waals surface area contributed by atoms with Crippen LogP contribution < -0.4 is 21.3 Å². The molecule has 5 aromatic rings. The molecule has 0 bridgehead atoms. The molecular formula is C28H23N7O2. The number of nitrogens with two attached hydrogens (primary N) is 1. The van der Waals surface area contributed by atoms with E-state index >= 15 is 0 Å². The van der Waals surface area contributed by atoms with E-state index in [0.29, 0.717) is 28.5 Å². The largest absolute Gasteiger partial charge is 0.481 e. The number of nitrogen functional groups attached to an aromatic ring is 1. The fourth-order valence-electron chi connectivity index (χ4n) is 4.33. The van der Waals surface area contributed by atoms with Gasteiger partial charge in [-0.3, -0.25) is 9.36 Å². The molecule has 0 amide bonds. The van der Waals surface area contributed by atoms with Crippen LogP contribution in [0.2, 0.25) is 0 Å². The summed E-state index contributed by atoms with van der Waals surface area (Å²) in [4.78, 5) is 30.0. The number of rotatable bonds is 6. The normalized spacial score (nSPS) is 11.6. The number of fused-ring (bicyclic) bond motifs is 1. The predicted molar refractivity (Wildman–Crippen MR) is 144 cm³/mol. The fraction of sp³-hybridized carbons (Fsp3) is 0.107. The molecule has 3 heterocycles. The monoisotopic (exact) mass is 489 g/mol. The van der Waals surface area contributed by atoms with Gasteiger partial charge in [0.2, 0.25) is 17.5 Å². The van der Waals surface area contributed by atoms with Crippen LogP contribution in [0.15, 0.2) is 83.9 Å². The molecule has 37 heavy (non-hydrogen) atoms. The van der Waals surface area contributed by atoms with Crippen LogP contribution in [-0.2, 0) is 0 Å². The lowest BCUT2D eigenvalue weighted by Gasteiger charge is -2.22. The summed E-state index contributed by atoms with van der Waals surface area (Å²) in [6.07, 6.45) is 3.04. The van der Waals surface area contributed by atoms with E-state index in [0.717, 1.165) is 16.5 Å². The van der Waals surface area contributed by atoms with Crippen molar-refractivity contribution in [3.8, 4) is 22.7 Å². The molecule has 0 saturated carbocycles. The van der Waals surface area contributed by atoms with E-state index in [1.807, 2.05) is 73.7 Å². The second kappa shape index (κ2) is 9.79. The Morgan fingerprint density at radius 2 is 1.89 bits per heavy atom. The minimum absolute atomic E-state index is 0.0542. The Hall–Kier alpha value is -5.23. The van der Waals surface area contributed by atoms with Crippen molar-refractivity contribution in [1.29, 1.82) is 0 Å². The SMILES string of the molecule is [C-]#[N+]c1cnc(N)nc1N[C@H](C)c1cc2cccc(-c3ccnc(OC)c3)c2c(=O)n1-c1ccccc1. The maximum absolute atomic E-state index is 14.2. The van der Waals surface area contributed by atoms with Crippen LogP contribution in [0.4, 0.5) is 17.5 Å². The van der Waals surface area contributed by atoms with E-state index in [9.17, 15) is 4.79 Å². The molecule has 0 unspecified atom stereocenters. The highest BCUT2D eigenvalue weighted by molar-refractivity contribution is 5.96. The molecular weight excluding hydrogens is 466 g/mol. The number of nitrogens with zero attached hydrogens (tertiary/aromatic N) is 5. The van der Waals surface area contributed by atoms with Gasteiger partial charge in [-0.1, -0.05) is 36.4 Å². The van der Waals surface area contributed by atoms with Crippen LogP contribution >= 0.6 is 0 Å². The molecule has 0 aliphatic heterocycles. The zero-order chi connectivity index (χ0) is 25.9. The summed E-state index contributed by atoms with van der Waals surface area (Å²) in [5.74, 6) is 0.824. The maximum Gasteiger partial charge on any atom is 0.263 e. The molecule has 0 aliphatic carbocycles. The first-order valence-electron chi connectivity index (χ1n) is 11.5. The Labute approximate surface area is 213 Å². The molecule has 1 atom stereocenters. The zero-order valence-electron chi connectivity index (χ0n) is 20.2. The van der Waals surface area contributed by atoms with Crippen molar-refractivity contribution in [2.45, 2.75) is 13.0 Å². The molecule has 0 radical (unpaired) electrons. The third-order valence-electron chi connectivity index (χ3n) is 6.05. The molecule has 0 saturated heterocycles. The molecule has 2 aromatic carbocycles. The van der Waals surface area contributed by atoms with Gasteiger partial charge in [-0.25, -0.2) is 19.8 Å². The van der Waals surface area contributed by atoms with Gasteiger partial charge >= 0.3 is 0 Å². The third kappa shape index (κ3) is 4.44. The van der Waals surface area contributed by atoms with Gasteiger partial charge in [0.1, 0.15) is 5.82 Å². The number of nitrogens with one attached hydrogen (secondary N) is 1. The number of anilines is 2. The summed E-state index contributed by atoms with van der Waals surface area (Å²) in [5, 5.41) is 4.60.